The number of benzene rings is 2. The van der Waals surface area contributed by atoms with E-state index >= 15 is 0 Å². The second kappa shape index (κ2) is 6.99. The fourth-order valence-electron chi connectivity index (χ4n) is 1.59. The quantitative estimate of drug-likeness (QED) is 0.678. The van der Waals surface area contributed by atoms with Gasteiger partial charge in [-0.2, -0.15) is 5.10 Å². The van der Waals surface area contributed by atoms with E-state index in [4.69, 9.17) is 4.74 Å². The second-order valence-corrected chi connectivity index (χ2v) is 4.95. The number of carbonyl (C=O) groups excluding carboxylic acids is 1. The molecule has 0 aliphatic carbocycles. The molecule has 0 spiro atoms. The third-order valence-corrected chi connectivity index (χ3v) is 3.28. The van der Waals surface area contributed by atoms with E-state index in [1.807, 2.05) is 0 Å². The number of amides is 1. The average Bonchev–Trinajstić information content (AvgIpc) is 2.49. The molecule has 2 rings (SSSR count). The minimum atomic E-state index is -0.350. The lowest BCUT2D eigenvalue weighted by molar-refractivity contribution is 0.0955. The maximum atomic E-state index is 12.7. The Hall–Kier alpha value is -2.21. The molecule has 1 N–H and O–H groups in total. The Kier molecular flexibility index (Phi) is 5.05. The van der Waals surface area contributed by atoms with E-state index in [9.17, 15) is 9.18 Å². The maximum Gasteiger partial charge on any atom is 0.271 e. The van der Waals surface area contributed by atoms with E-state index in [2.05, 4.69) is 26.5 Å². The third kappa shape index (κ3) is 4.13. The highest BCUT2D eigenvalue weighted by molar-refractivity contribution is 9.10. The fourth-order valence-corrected chi connectivity index (χ4v) is 2.13. The molecular weight excluding hydrogens is 339 g/mol. The number of hydrogen-bond acceptors (Lipinski definition) is 3. The Morgan fingerprint density at radius 3 is 2.62 bits per heavy atom. The van der Waals surface area contributed by atoms with Crippen LogP contribution in [0, 0.1) is 5.82 Å². The molecular formula is C15H12BrFN2O2. The number of hydrogen-bond donors (Lipinski definition) is 1. The summed E-state index contributed by atoms with van der Waals surface area (Å²) in [5.41, 5.74) is 3.53. The van der Waals surface area contributed by atoms with Crippen LogP contribution in [-0.2, 0) is 0 Å². The summed E-state index contributed by atoms with van der Waals surface area (Å²) >= 11 is 3.31. The molecule has 0 saturated carbocycles. The van der Waals surface area contributed by atoms with Crippen molar-refractivity contribution in [1.82, 2.24) is 5.43 Å². The molecule has 21 heavy (non-hydrogen) atoms. The zero-order valence-corrected chi connectivity index (χ0v) is 12.7. The molecule has 0 radical (unpaired) electrons. The monoisotopic (exact) mass is 350 g/mol. The predicted octanol–water partition coefficient (Wildman–Crippen LogP) is 3.36. The van der Waals surface area contributed by atoms with Gasteiger partial charge in [0.25, 0.3) is 5.91 Å². The Labute approximate surface area is 129 Å². The molecule has 0 aromatic heterocycles. The minimum Gasteiger partial charge on any atom is -0.496 e. The van der Waals surface area contributed by atoms with Crippen LogP contribution in [-0.4, -0.2) is 19.2 Å². The summed E-state index contributed by atoms with van der Waals surface area (Å²) in [4.78, 5) is 11.9. The number of carbonyl (C=O) groups is 1. The number of rotatable bonds is 4. The Morgan fingerprint density at radius 1 is 1.29 bits per heavy atom. The Bertz CT molecular complexity index is 672. The first-order valence-electron chi connectivity index (χ1n) is 6.02. The van der Waals surface area contributed by atoms with Crippen molar-refractivity contribution >= 4 is 28.1 Å². The van der Waals surface area contributed by atoms with Crippen molar-refractivity contribution in [3.05, 3.63) is 63.9 Å². The third-order valence-electron chi connectivity index (χ3n) is 2.66. The van der Waals surface area contributed by atoms with Crippen molar-refractivity contribution in [2.45, 2.75) is 0 Å². The topological polar surface area (TPSA) is 50.7 Å². The molecule has 0 aliphatic rings. The van der Waals surface area contributed by atoms with E-state index in [0.717, 1.165) is 0 Å². The van der Waals surface area contributed by atoms with Gasteiger partial charge in [0.2, 0.25) is 0 Å². The largest absolute Gasteiger partial charge is 0.496 e. The fraction of sp³-hybridized carbons (Fsp3) is 0.0667. The molecule has 1 amide bonds. The summed E-state index contributed by atoms with van der Waals surface area (Å²) in [6, 6.07) is 10.7. The van der Waals surface area contributed by atoms with Crippen molar-refractivity contribution in [3.63, 3.8) is 0 Å². The molecule has 0 unspecified atom stereocenters. The van der Waals surface area contributed by atoms with E-state index in [1.165, 1.54) is 18.3 Å². The predicted molar refractivity (Wildman–Crippen MR) is 82.2 cm³/mol. The number of hydrazone groups is 1. The first-order chi connectivity index (χ1) is 10.1. The van der Waals surface area contributed by atoms with Crippen molar-refractivity contribution < 1.29 is 13.9 Å². The number of nitrogens with one attached hydrogen (secondary N) is 1. The lowest BCUT2D eigenvalue weighted by atomic mass is 10.2. The van der Waals surface area contributed by atoms with Crippen LogP contribution in [0.15, 0.2) is 52.0 Å². The highest BCUT2D eigenvalue weighted by atomic mass is 79.9. The van der Waals surface area contributed by atoms with Crippen molar-refractivity contribution in [2.75, 3.05) is 7.11 Å². The maximum absolute atomic E-state index is 12.7. The first kappa shape index (κ1) is 15.2. The van der Waals surface area contributed by atoms with Gasteiger partial charge in [0.1, 0.15) is 11.6 Å². The van der Waals surface area contributed by atoms with Gasteiger partial charge in [-0.25, -0.2) is 9.82 Å². The lowest BCUT2D eigenvalue weighted by Crippen LogP contribution is -2.17. The summed E-state index contributed by atoms with van der Waals surface area (Å²) in [6.07, 6.45) is 1.44. The lowest BCUT2D eigenvalue weighted by Gasteiger charge is -2.05. The van der Waals surface area contributed by atoms with Gasteiger partial charge in [0.15, 0.2) is 0 Å². The van der Waals surface area contributed by atoms with Crippen LogP contribution < -0.4 is 10.2 Å². The van der Waals surface area contributed by atoms with E-state index in [-0.39, 0.29) is 11.7 Å². The summed E-state index contributed by atoms with van der Waals surface area (Å²) in [5.74, 6) is -0.0302. The van der Waals surface area contributed by atoms with E-state index in [1.54, 1.807) is 37.4 Å². The molecule has 6 heteroatoms. The van der Waals surface area contributed by atoms with Crippen LogP contribution in [0.4, 0.5) is 4.39 Å². The summed E-state index contributed by atoms with van der Waals surface area (Å²) < 4.78 is 18.5. The van der Waals surface area contributed by atoms with Crippen LogP contribution >= 0.6 is 15.9 Å². The molecule has 4 nitrogen and oxygen atoms in total. The molecule has 0 heterocycles. The van der Waals surface area contributed by atoms with Crippen LogP contribution in [0.3, 0.4) is 0 Å². The van der Waals surface area contributed by atoms with E-state index in [0.29, 0.717) is 21.3 Å². The normalized spacial score (nSPS) is 10.6. The van der Waals surface area contributed by atoms with Gasteiger partial charge in [-0.05, 0) is 51.8 Å². The molecule has 0 saturated heterocycles. The van der Waals surface area contributed by atoms with Crippen LogP contribution in [0.2, 0.25) is 0 Å². The zero-order valence-electron chi connectivity index (χ0n) is 11.1. The zero-order chi connectivity index (χ0) is 15.2. The van der Waals surface area contributed by atoms with Gasteiger partial charge in [-0.3, -0.25) is 4.79 Å². The number of methoxy groups -OCH3 is 1. The SMILES string of the molecule is COc1ccc(C(=O)NN=Cc2ccc(F)cc2)cc1Br. The van der Waals surface area contributed by atoms with E-state index < -0.39 is 0 Å². The Balaban J connectivity index is 2.01. The molecule has 108 valence electrons. The molecule has 0 aliphatic heterocycles. The van der Waals surface area contributed by atoms with Gasteiger partial charge in [-0.15, -0.1) is 0 Å². The second-order valence-electron chi connectivity index (χ2n) is 4.10. The molecule has 2 aromatic carbocycles. The van der Waals surface area contributed by atoms with Crippen LogP contribution in [0.1, 0.15) is 15.9 Å². The standard InChI is InChI=1S/C15H12BrFN2O2/c1-21-14-7-4-11(8-13(14)16)15(20)19-18-9-10-2-5-12(17)6-3-10/h2-9H,1H3,(H,19,20). The first-order valence-corrected chi connectivity index (χ1v) is 6.82. The summed E-state index contributed by atoms with van der Waals surface area (Å²) in [5, 5.41) is 3.83. The van der Waals surface area contributed by atoms with Gasteiger partial charge >= 0.3 is 0 Å². The average molecular weight is 351 g/mol. The smallest absolute Gasteiger partial charge is 0.271 e. The van der Waals surface area contributed by atoms with Gasteiger partial charge in [0.05, 0.1) is 17.8 Å². The number of nitrogens with zero attached hydrogens (tertiary/aromatic N) is 1. The minimum absolute atomic E-state index is 0.320. The highest BCUT2D eigenvalue weighted by Crippen LogP contribution is 2.25. The van der Waals surface area contributed by atoms with Crippen LogP contribution in [0.25, 0.3) is 0 Å². The highest BCUT2D eigenvalue weighted by Gasteiger charge is 2.07. The van der Waals surface area contributed by atoms with Gasteiger partial charge in [-0.1, -0.05) is 12.1 Å². The van der Waals surface area contributed by atoms with Crippen molar-refractivity contribution in [2.24, 2.45) is 5.10 Å². The number of ether oxygens (including phenoxy) is 1. The Morgan fingerprint density at radius 2 is 2.00 bits per heavy atom. The van der Waals surface area contributed by atoms with Gasteiger partial charge in [0, 0.05) is 5.56 Å². The summed E-state index contributed by atoms with van der Waals surface area (Å²) in [6.45, 7) is 0. The molecule has 0 atom stereocenters. The molecule has 0 fully saturated rings. The van der Waals surface area contributed by atoms with Gasteiger partial charge < -0.3 is 4.74 Å². The van der Waals surface area contributed by atoms with Crippen LogP contribution in [0.5, 0.6) is 5.75 Å². The molecule has 0 bridgehead atoms. The molecule has 2 aromatic rings. The summed E-state index contributed by atoms with van der Waals surface area (Å²) in [7, 11) is 1.55. The van der Waals surface area contributed by atoms with Crippen molar-refractivity contribution in [1.29, 1.82) is 0 Å². The van der Waals surface area contributed by atoms with Crippen molar-refractivity contribution in [3.8, 4) is 5.75 Å². The number of halogens is 2.